The standard InChI is InChI=1S/C22H26O6Si2/c1-29(2,25-19-9-5-17(23)6-10-19)27-21-13-15-22(16-14-21)28-30(3,4)26-20-11-7-18(24)8-12-20/h5-16,23-24H,1-4H3. The van der Waals surface area contributed by atoms with Gasteiger partial charge in [0.25, 0.3) is 0 Å². The third-order valence-electron chi connectivity index (χ3n) is 3.95. The lowest BCUT2D eigenvalue weighted by Gasteiger charge is -2.26. The fourth-order valence-electron chi connectivity index (χ4n) is 2.78. The zero-order chi connectivity index (χ0) is 21.8. The molecule has 30 heavy (non-hydrogen) atoms. The maximum atomic E-state index is 9.39. The number of benzene rings is 3. The fourth-order valence-corrected chi connectivity index (χ4v) is 5.68. The minimum atomic E-state index is -2.48. The van der Waals surface area contributed by atoms with Crippen LogP contribution in [0.15, 0.2) is 72.8 Å². The summed E-state index contributed by atoms with van der Waals surface area (Å²) in [4.78, 5) is 0. The Balaban J connectivity index is 1.59. The predicted molar refractivity (Wildman–Crippen MR) is 120 cm³/mol. The van der Waals surface area contributed by atoms with E-state index in [-0.39, 0.29) is 11.5 Å². The summed E-state index contributed by atoms with van der Waals surface area (Å²) in [5.74, 6) is 3.08. The summed E-state index contributed by atoms with van der Waals surface area (Å²) >= 11 is 0. The number of hydrogen-bond donors (Lipinski definition) is 2. The van der Waals surface area contributed by atoms with E-state index in [4.69, 9.17) is 17.7 Å². The van der Waals surface area contributed by atoms with Crippen LogP contribution in [-0.4, -0.2) is 27.3 Å². The van der Waals surface area contributed by atoms with Crippen LogP contribution in [0.1, 0.15) is 0 Å². The van der Waals surface area contributed by atoms with Gasteiger partial charge in [0.05, 0.1) is 0 Å². The second kappa shape index (κ2) is 8.72. The van der Waals surface area contributed by atoms with Gasteiger partial charge in [-0.05, 0) is 72.8 Å². The van der Waals surface area contributed by atoms with Gasteiger partial charge in [-0.15, -0.1) is 0 Å². The first-order valence-electron chi connectivity index (χ1n) is 9.54. The van der Waals surface area contributed by atoms with Crippen molar-refractivity contribution >= 4 is 17.1 Å². The van der Waals surface area contributed by atoms with Crippen molar-refractivity contribution in [3.63, 3.8) is 0 Å². The first-order valence-corrected chi connectivity index (χ1v) is 15.2. The average Bonchev–Trinajstić information content (AvgIpc) is 2.66. The molecule has 0 atom stereocenters. The molecule has 3 aromatic rings. The molecule has 8 heteroatoms. The molecule has 0 saturated heterocycles. The Morgan fingerprint density at radius 2 is 0.633 bits per heavy atom. The Hall–Kier alpha value is -3.11. The maximum absolute atomic E-state index is 9.39. The predicted octanol–water partition coefficient (Wildman–Crippen LogP) is 5.42. The Bertz CT molecular complexity index is 874. The van der Waals surface area contributed by atoms with Gasteiger partial charge in [0, 0.05) is 26.2 Å². The first kappa shape index (κ1) is 21.6. The highest BCUT2D eigenvalue weighted by molar-refractivity contribution is 6.66. The van der Waals surface area contributed by atoms with Crippen molar-refractivity contribution in [1.82, 2.24) is 0 Å². The van der Waals surface area contributed by atoms with E-state index in [1.54, 1.807) is 48.5 Å². The number of phenols is 2. The molecule has 0 aliphatic rings. The van der Waals surface area contributed by atoms with Gasteiger partial charge in [0.1, 0.15) is 34.5 Å². The van der Waals surface area contributed by atoms with Gasteiger partial charge in [-0.3, -0.25) is 0 Å². The van der Waals surface area contributed by atoms with Crippen molar-refractivity contribution in [2.45, 2.75) is 26.2 Å². The highest BCUT2D eigenvalue weighted by atomic mass is 28.4. The molecule has 0 fully saturated rings. The van der Waals surface area contributed by atoms with Crippen molar-refractivity contribution in [2.75, 3.05) is 0 Å². The Morgan fingerprint density at radius 1 is 0.433 bits per heavy atom. The maximum Gasteiger partial charge on any atom is 0.454 e. The molecular weight excluding hydrogens is 416 g/mol. The van der Waals surface area contributed by atoms with E-state index in [0.717, 1.165) is 0 Å². The highest BCUT2D eigenvalue weighted by Gasteiger charge is 2.31. The Labute approximate surface area is 178 Å². The molecule has 0 aliphatic carbocycles. The van der Waals surface area contributed by atoms with E-state index in [0.29, 0.717) is 23.0 Å². The SMILES string of the molecule is C[Si](C)(Oc1ccc(O)cc1)Oc1ccc(O[Si](C)(C)Oc2ccc(O)cc2)cc1. The van der Waals surface area contributed by atoms with E-state index in [2.05, 4.69) is 0 Å². The molecule has 0 spiro atoms. The molecule has 0 radical (unpaired) electrons. The van der Waals surface area contributed by atoms with Gasteiger partial charge in [-0.1, -0.05) is 0 Å². The number of rotatable bonds is 8. The van der Waals surface area contributed by atoms with Crippen molar-refractivity contribution in [2.24, 2.45) is 0 Å². The minimum Gasteiger partial charge on any atom is -0.512 e. The van der Waals surface area contributed by atoms with E-state index in [9.17, 15) is 10.2 Å². The Morgan fingerprint density at radius 3 is 0.867 bits per heavy atom. The first-order chi connectivity index (χ1) is 14.1. The molecule has 3 aromatic carbocycles. The third kappa shape index (κ3) is 6.46. The van der Waals surface area contributed by atoms with Crippen LogP contribution in [0.25, 0.3) is 0 Å². The van der Waals surface area contributed by atoms with Crippen LogP contribution in [0.5, 0.6) is 34.5 Å². The molecule has 0 bridgehead atoms. The molecule has 0 aliphatic heterocycles. The third-order valence-corrected chi connectivity index (χ3v) is 6.86. The number of phenolic OH excluding ortho intramolecular Hbond substituents is 2. The second-order valence-corrected chi connectivity index (χ2v) is 14.1. The van der Waals surface area contributed by atoms with Crippen LogP contribution in [0, 0.1) is 0 Å². The van der Waals surface area contributed by atoms with E-state index in [1.807, 2.05) is 50.5 Å². The van der Waals surface area contributed by atoms with E-state index in [1.165, 1.54) is 0 Å². The monoisotopic (exact) mass is 442 g/mol. The lowest BCUT2D eigenvalue weighted by molar-refractivity contribution is 0.392. The molecule has 2 N–H and O–H groups in total. The lowest BCUT2D eigenvalue weighted by atomic mass is 10.3. The molecular formula is C22H26O6Si2. The van der Waals surface area contributed by atoms with Gasteiger partial charge >= 0.3 is 17.1 Å². The highest BCUT2D eigenvalue weighted by Crippen LogP contribution is 2.26. The van der Waals surface area contributed by atoms with Crippen LogP contribution >= 0.6 is 0 Å². The lowest BCUT2D eigenvalue weighted by Crippen LogP contribution is -2.42. The summed E-state index contributed by atoms with van der Waals surface area (Å²) in [6.45, 7) is 7.80. The molecule has 158 valence electrons. The Kier molecular flexibility index (Phi) is 6.28. The van der Waals surface area contributed by atoms with Crippen molar-refractivity contribution in [3.05, 3.63) is 72.8 Å². The van der Waals surface area contributed by atoms with Crippen LogP contribution in [-0.2, 0) is 0 Å². The molecule has 3 rings (SSSR count). The molecule has 0 saturated carbocycles. The van der Waals surface area contributed by atoms with E-state index < -0.39 is 17.1 Å². The summed E-state index contributed by atoms with van der Waals surface area (Å²) in [5.41, 5.74) is 0. The number of aromatic hydroxyl groups is 2. The molecule has 0 aromatic heterocycles. The second-order valence-electron chi connectivity index (χ2n) is 7.67. The largest absolute Gasteiger partial charge is 0.512 e. The van der Waals surface area contributed by atoms with Crippen LogP contribution < -0.4 is 17.7 Å². The van der Waals surface area contributed by atoms with Crippen molar-refractivity contribution < 1.29 is 27.9 Å². The van der Waals surface area contributed by atoms with E-state index >= 15 is 0 Å². The smallest absolute Gasteiger partial charge is 0.454 e. The minimum absolute atomic E-state index is 0.194. The van der Waals surface area contributed by atoms with Crippen LogP contribution in [0.4, 0.5) is 0 Å². The summed E-state index contributed by atoms with van der Waals surface area (Å²) in [7, 11) is -4.96. The summed E-state index contributed by atoms with van der Waals surface area (Å²) in [6, 6.07) is 20.5. The van der Waals surface area contributed by atoms with Gasteiger partial charge in [-0.2, -0.15) is 0 Å². The van der Waals surface area contributed by atoms with Crippen molar-refractivity contribution in [3.8, 4) is 34.5 Å². The van der Waals surface area contributed by atoms with Gasteiger partial charge in [-0.25, -0.2) is 0 Å². The van der Waals surface area contributed by atoms with Crippen LogP contribution in [0.2, 0.25) is 26.2 Å². The zero-order valence-corrected chi connectivity index (χ0v) is 19.5. The van der Waals surface area contributed by atoms with Gasteiger partial charge in [0.2, 0.25) is 0 Å². The quantitative estimate of drug-likeness (QED) is 0.454. The molecule has 0 unspecified atom stereocenters. The average molecular weight is 443 g/mol. The normalized spacial score (nSPS) is 11.6. The van der Waals surface area contributed by atoms with Crippen LogP contribution in [0.3, 0.4) is 0 Å². The molecule has 0 amide bonds. The van der Waals surface area contributed by atoms with Gasteiger partial charge < -0.3 is 27.9 Å². The fraction of sp³-hybridized carbons (Fsp3) is 0.182. The summed E-state index contributed by atoms with van der Waals surface area (Å²) in [5, 5.41) is 18.8. The molecule has 6 nitrogen and oxygen atoms in total. The summed E-state index contributed by atoms with van der Waals surface area (Å²) < 4.78 is 24.1. The number of hydrogen-bond acceptors (Lipinski definition) is 6. The summed E-state index contributed by atoms with van der Waals surface area (Å²) in [6.07, 6.45) is 0. The van der Waals surface area contributed by atoms with Crippen molar-refractivity contribution in [1.29, 1.82) is 0 Å². The molecule has 0 heterocycles. The zero-order valence-electron chi connectivity index (χ0n) is 17.5. The van der Waals surface area contributed by atoms with Gasteiger partial charge in [0.15, 0.2) is 0 Å². The topological polar surface area (TPSA) is 77.4 Å².